The molecule has 16 heavy (non-hydrogen) atoms. The van der Waals surface area contributed by atoms with Gasteiger partial charge in [0, 0.05) is 45.1 Å². The third-order valence-electron chi connectivity index (χ3n) is 2.66. The third-order valence-corrected chi connectivity index (χ3v) is 2.66. The Kier molecular flexibility index (Phi) is 3.05. The molecule has 5 heteroatoms. The summed E-state index contributed by atoms with van der Waals surface area (Å²) in [4.78, 5) is 0. The van der Waals surface area contributed by atoms with Gasteiger partial charge in [-0.2, -0.15) is 10.2 Å². The molecular formula is C11H17N5. The van der Waals surface area contributed by atoms with Crippen molar-refractivity contribution in [2.24, 2.45) is 14.1 Å². The second-order valence-electron chi connectivity index (χ2n) is 3.96. The molecule has 2 heterocycles. The molecule has 5 nitrogen and oxygen atoms in total. The van der Waals surface area contributed by atoms with Crippen LogP contribution in [0.15, 0.2) is 18.5 Å². The van der Waals surface area contributed by atoms with E-state index in [0.717, 1.165) is 18.8 Å². The van der Waals surface area contributed by atoms with Gasteiger partial charge in [-0.3, -0.25) is 9.36 Å². The Hall–Kier alpha value is -1.62. The molecule has 86 valence electrons. The second kappa shape index (κ2) is 4.49. The fourth-order valence-corrected chi connectivity index (χ4v) is 1.72. The van der Waals surface area contributed by atoms with Gasteiger partial charge in [0.2, 0.25) is 0 Å². The highest BCUT2D eigenvalue weighted by atomic mass is 15.3. The van der Waals surface area contributed by atoms with Crippen molar-refractivity contribution in [1.29, 1.82) is 0 Å². The molecule has 0 atom stereocenters. The van der Waals surface area contributed by atoms with Crippen molar-refractivity contribution in [2.75, 3.05) is 0 Å². The fourth-order valence-electron chi connectivity index (χ4n) is 1.72. The number of hydrogen-bond donors (Lipinski definition) is 1. The summed E-state index contributed by atoms with van der Waals surface area (Å²) in [6, 6.07) is 2.02. The van der Waals surface area contributed by atoms with Crippen molar-refractivity contribution in [1.82, 2.24) is 24.9 Å². The molecule has 2 aromatic rings. The highest BCUT2D eigenvalue weighted by Crippen LogP contribution is 2.04. The van der Waals surface area contributed by atoms with Crippen LogP contribution in [0.3, 0.4) is 0 Å². The zero-order valence-corrected chi connectivity index (χ0v) is 9.94. The number of aryl methyl sites for hydroxylation is 3. The Balaban J connectivity index is 1.89. The summed E-state index contributed by atoms with van der Waals surface area (Å²) in [7, 11) is 3.89. The molecule has 2 rings (SSSR count). The molecule has 0 aliphatic carbocycles. The van der Waals surface area contributed by atoms with E-state index in [1.807, 2.05) is 48.8 Å². The molecule has 2 aromatic heterocycles. The van der Waals surface area contributed by atoms with E-state index in [1.165, 1.54) is 11.3 Å². The summed E-state index contributed by atoms with van der Waals surface area (Å²) in [5, 5.41) is 11.8. The van der Waals surface area contributed by atoms with Crippen LogP contribution in [0.4, 0.5) is 0 Å². The maximum Gasteiger partial charge on any atom is 0.0638 e. The highest BCUT2D eigenvalue weighted by Gasteiger charge is 2.03. The van der Waals surface area contributed by atoms with E-state index in [4.69, 9.17) is 0 Å². The Morgan fingerprint density at radius 1 is 1.31 bits per heavy atom. The van der Waals surface area contributed by atoms with Crippen LogP contribution in [0, 0.1) is 6.92 Å². The van der Waals surface area contributed by atoms with Crippen molar-refractivity contribution in [3.8, 4) is 0 Å². The molecule has 0 fully saturated rings. The van der Waals surface area contributed by atoms with Crippen molar-refractivity contribution in [2.45, 2.75) is 20.0 Å². The van der Waals surface area contributed by atoms with Gasteiger partial charge in [-0.05, 0) is 13.0 Å². The molecule has 0 radical (unpaired) electrons. The smallest absolute Gasteiger partial charge is 0.0638 e. The fraction of sp³-hybridized carbons (Fsp3) is 0.455. The van der Waals surface area contributed by atoms with Crippen LogP contribution in [-0.4, -0.2) is 19.6 Å². The molecule has 0 aliphatic heterocycles. The zero-order chi connectivity index (χ0) is 11.5. The molecule has 0 unspecified atom stereocenters. The van der Waals surface area contributed by atoms with Gasteiger partial charge in [-0.1, -0.05) is 0 Å². The maximum atomic E-state index is 4.30. The number of hydrogen-bond acceptors (Lipinski definition) is 3. The van der Waals surface area contributed by atoms with Crippen molar-refractivity contribution >= 4 is 0 Å². The third kappa shape index (κ3) is 2.30. The molecule has 0 saturated heterocycles. The lowest BCUT2D eigenvalue weighted by molar-refractivity contribution is 0.625. The van der Waals surface area contributed by atoms with Crippen LogP contribution < -0.4 is 5.32 Å². The number of nitrogens with zero attached hydrogens (tertiary/aromatic N) is 4. The van der Waals surface area contributed by atoms with Gasteiger partial charge >= 0.3 is 0 Å². The first kappa shape index (κ1) is 10.9. The van der Waals surface area contributed by atoms with Crippen molar-refractivity contribution in [3.05, 3.63) is 35.4 Å². The van der Waals surface area contributed by atoms with E-state index in [1.54, 1.807) is 0 Å². The highest BCUT2D eigenvalue weighted by molar-refractivity contribution is 5.15. The van der Waals surface area contributed by atoms with Gasteiger partial charge in [0.15, 0.2) is 0 Å². The first-order valence-corrected chi connectivity index (χ1v) is 5.33. The topological polar surface area (TPSA) is 47.7 Å². The SMILES string of the molecule is Cc1nn(C)cc1CNCc1ccnn1C. The lowest BCUT2D eigenvalue weighted by atomic mass is 10.2. The molecule has 0 aromatic carbocycles. The van der Waals surface area contributed by atoms with Gasteiger partial charge < -0.3 is 5.32 Å². The monoisotopic (exact) mass is 219 g/mol. The molecule has 0 bridgehead atoms. The van der Waals surface area contributed by atoms with Gasteiger partial charge in [0.1, 0.15) is 0 Å². The summed E-state index contributed by atoms with van der Waals surface area (Å²) in [5.74, 6) is 0. The molecule has 0 amide bonds. The summed E-state index contributed by atoms with van der Waals surface area (Å²) in [5.41, 5.74) is 3.51. The molecule has 0 spiro atoms. The first-order chi connectivity index (χ1) is 7.66. The van der Waals surface area contributed by atoms with Crippen LogP contribution in [0.5, 0.6) is 0 Å². The van der Waals surface area contributed by atoms with Gasteiger partial charge in [0.05, 0.1) is 11.4 Å². The summed E-state index contributed by atoms with van der Waals surface area (Å²) < 4.78 is 3.72. The lowest BCUT2D eigenvalue weighted by Gasteiger charge is -2.04. The van der Waals surface area contributed by atoms with E-state index in [2.05, 4.69) is 15.5 Å². The predicted molar refractivity (Wildman–Crippen MR) is 61.7 cm³/mol. The first-order valence-electron chi connectivity index (χ1n) is 5.33. The second-order valence-corrected chi connectivity index (χ2v) is 3.96. The lowest BCUT2D eigenvalue weighted by Crippen LogP contribution is -2.15. The molecule has 0 saturated carbocycles. The van der Waals surface area contributed by atoms with Gasteiger partial charge in [0.25, 0.3) is 0 Å². The Labute approximate surface area is 95.1 Å². The molecular weight excluding hydrogens is 202 g/mol. The minimum absolute atomic E-state index is 0.824. The van der Waals surface area contributed by atoms with E-state index in [-0.39, 0.29) is 0 Å². The quantitative estimate of drug-likeness (QED) is 0.825. The molecule has 0 aliphatic rings. The minimum Gasteiger partial charge on any atom is -0.307 e. The minimum atomic E-state index is 0.824. The van der Waals surface area contributed by atoms with Crippen LogP contribution in [0.25, 0.3) is 0 Å². The van der Waals surface area contributed by atoms with E-state index >= 15 is 0 Å². The number of rotatable bonds is 4. The summed E-state index contributed by atoms with van der Waals surface area (Å²) in [6.07, 6.45) is 3.86. The zero-order valence-electron chi connectivity index (χ0n) is 9.94. The maximum absolute atomic E-state index is 4.30. The average molecular weight is 219 g/mol. The van der Waals surface area contributed by atoms with Crippen molar-refractivity contribution in [3.63, 3.8) is 0 Å². The average Bonchev–Trinajstić information content (AvgIpc) is 2.75. The standard InChI is InChI=1S/C11H17N5/c1-9-10(8-15(2)14-9)6-12-7-11-4-5-13-16(11)3/h4-5,8,12H,6-7H2,1-3H3. The summed E-state index contributed by atoms with van der Waals surface area (Å²) in [6.45, 7) is 3.69. The van der Waals surface area contributed by atoms with Crippen LogP contribution in [-0.2, 0) is 27.2 Å². The predicted octanol–water partition coefficient (Wildman–Crippen LogP) is 0.752. The van der Waals surface area contributed by atoms with E-state index < -0.39 is 0 Å². The largest absolute Gasteiger partial charge is 0.307 e. The van der Waals surface area contributed by atoms with Crippen molar-refractivity contribution < 1.29 is 0 Å². The van der Waals surface area contributed by atoms with Crippen LogP contribution >= 0.6 is 0 Å². The van der Waals surface area contributed by atoms with E-state index in [9.17, 15) is 0 Å². The van der Waals surface area contributed by atoms with E-state index in [0.29, 0.717) is 0 Å². The van der Waals surface area contributed by atoms with Gasteiger partial charge in [-0.15, -0.1) is 0 Å². The van der Waals surface area contributed by atoms with Crippen LogP contribution in [0.2, 0.25) is 0 Å². The Morgan fingerprint density at radius 3 is 2.69 bits per heavy atom. The number of aromatic nitrogens is 4. The Morgan fingerprint density at radius 2 is 2.12 bits per heavy atom. The number of nitrogens with one attached hydrogen (secondary N) is 1. The molecule has 1 N–H and O–H groups in total. The Bertz CT molecular complexity index is 468. The van der Waals surface area contributed by atoms with Crippen LogP contribution in [0.1, 0.15) is 17.0 Å². The normalized spacial score (nSPS) is 10.9. The summed E-state index contributed by atoms with van der Waals surface area (Å²) >= 11 is 0. The van der Waals surface area contributed by atoms with Gasteiger partial charge in [-0.25, -0.2) is 0 Å².